The molecule has 132 valence electrons. The maximum absolute atomic E-state index is 12.6. The summed E-state index contributed by atoms with van der Waals surface area (Å²) in [6.45, 7) is 12.7. The topological polar surface area (TPSA) is 74.3 Å². The molecule has 2 saturated heterocycles. The van der Waals surface area contributed by atoms with Crippen molar-refractivity contribution in [1.82, 2.24) is 4.90 Å². The molecule has 0 aliphatic carbocycles. The van der Waals surface area contributed by atoms with Gasteiger partial charge in [0, 0.05) is 0 Å². The molecule has 7 heteroatoms. The SMILES string of the molecule is CC(C)(C)OC(=O)N1[C@H]([C@H]2OC(C)(C)O[C@@H]2C=O)COC1(C)C. The monoisotopic (exact) mass is 329 g/mol. The minimum absolute atomic E-state index is 0.251. The number of hydrogen-bond donors (Lipinski definition) is 0. The Hall–Kier alpha value is -1.18. The molecule has 0 aromatic carbocycles. The average molecular weight is 329 g/mol. The molecule has 0 aromatic rings. The highest BCUT2D eigenvalue weighted by molar-refractivity contribution is 5.70. The van der Waals surface area contributed by atoms with E-state index in [2.05, 4.69) is 0 Å². The summed E-state index contributed by atoms with van der Waals surface area (Å²) in [5.74, 6) is -0.886. The first-order valence-electron chi connectivity index (χ1n) is 7.83. The van der Waals surface area contributed by atoms with Crippen molar-refractivity contribution >= 4 is 12.4 Å². The van der Waals surface area contributed by atoms with Crippen LogP contribution in [0.5, 0.6) is 0 Å². The molecule has 7 nitrogen and oxygen atoms in total. The van der Waals surface area contributed by atoms with Crippen molar-refractivity contribution in [2.75, 3.05) is 6.61 Å². The van der Waals surface area contributed by atoms with Crippen LogP contribution in [0.25, 0.3) is 0 Å². The Bertz CT molecular complexity index is 481. The van der Waals surface area contributed by atoms with Crippen LogP contribution in [0, 0.1) is 0 Å². The van der Waals surface area contributed by atoms with Gasteiger partial charge in [0.05, 0.1) is 12.6 Å². The molecular weight excluding hydrogens is 302 g/mol. The van der Waals surface area contributed by atoms with Crippen molar-refractivity contribution in [3.63, 3.8) is 0 Å². The number of nitrogens with zero attached hydrogens (tertiary/aromatic N) is 1. The Kier molecular flexibility index (Phi) is 4.52. The fraction of sp³-hybridized carbons (Fsp3) is 0.875. The second-order valence-corrected chi connectivity index (χ2v) is 7.88. The highest BCUT2D eigenvalue weighted by Gasteiger charge is 2.55. The lowest BCUT2D eigenvalue weighted by atomic mass is 10.1. The summed E-state index contributed by atoms with van der Waals surface area (Å²) in [5.41, 5.74) is -1.48. The van der Waals surface area contributed by atoms with Gasteiger partial charge in [-0.3, -0.25) is 4.90 Å². The fourth-order valence-electron chi connectivity index (χ4n) is 2.96. The van der Waals surface area contributed by atoms with Gasteiger partial charge in [-0.05, 0) is 48.5 Å². The van der Waals surface area contributed by atoms with Crippen molar-refractivity contribution in [3.05, 3.63) is 0 Å². The number of hydrogen-bond acceptors (Lipinski definition) is 6. The smallest absolute Gasteiger partial charge is 0.412 e. The number of amides is 1. The second-order valence-electron chi connectivity index (χ2n) is 7.88. The van der Waals surface area contributed by atoms with Gasteiger partial charge in [-0.2, -0.15) is 0 Å². The van der Waals surface area contributed by atoms with Crippen LogP contribution in [0.15, 0.2) is 0 Å². The van der Waals surface area contributed by atoms with Crippen molar-refractivity contribution in [2.45, 2.75) is 83.8 Å². The summed E-state index contributed by atoms with van der Waals surface area (Å²) in [5, 5.41) is 0. The van der Waals surface area contributed by atoms with Crippen LogP contribution in [0.1, 0.15) is 48.5 Å². The molecule has 0 spiro atoms. The number of carbonyl (C=O) groups is 2. The Morgan fingerprint density at radius 3 is 2.35 bits per heavy atom. The minimum atomic E-state index is -0.886. The number of rotatable bonds is 2. The van der Waals surface area contributed by atoms with E-state index in [1.54, 1.807) is 48.5 Å². The number of ether oxygens (including phenoxy) is 4. The quantitative estimate of drug-likeness (QED) is 0.722. The maximum atomic E-state index is 12.6. The van der Waals surface area contributed by atoms with Crippen molar-refractivity contribution in [3.8, 4) is 0 Å². The van der Waals surface area contributed by atoms with E-state index in [0.717, 1.165) is 0 Å². The van der Waals surface area contributed by atoms with Gasteiger partial charge in [0.2, 0.25) is 0 Å². The zero-order valence-electron chi connectivity index (χ0n) is 14.9. The molecule has 0 bridgehead atoms. The van der Waals surface area contributed by atoms with E-state index >= 15 is 0 Å². The van der Waals surface area contributed by atoms with Crippen molar-refractivity contribution in [1.29, 1.82) is 0 Å². The Labute approximate surface area is 137 Å². The number of aldehydes is 1. The molecule has 0 aromatic heterocycles. The summed E-state index contributed by atoms with van der Waals surface area (Å²) in [6.07, 6.45) is -1.14. The largest absolute Gasteiger partial charge is 0.444 e. The van der Waals surface area contributed by atoms with Gasteiger partial charge in [0.25, 0.3) is 0 Å². The van der Waals surface area contributed by atoms with Gasteiger partial charge in [0.15, 0.2) is 12.1 Å². The summed E-state index contributed by atoms with van der Waals surface area (Å²) < 4.78 is 22.7. The molecule has 2 heterocycles. The molecule has 3 atom stereocenters. The predicted molar refractivity (Wildman–Crippen MR) is 81.8 cm³/mol. The van der Waals surface area contributed by atoms with Crippen molar-refractivity contribution in [2.24, 2.45) is 0 Å². The van der Waals surface area contributed by atoms with Crippen LogP contribution in [-0.2, 0) is 23.7 Å². The Morgan fingerprint density at radius 2 is 1.83 bits per heavy atom. The lowest BCUT2D eigenvalue weighted by molar-refractivity contribution is -0.153. The predicted octanol–water partition coefficient (Wildman–Crippen LogP) is 2.08. The fourth-order valence-corrected chi connectivity index (χ4v) is 2.96. The van der Waals surface area contributed by atoms with E-state index in [1.165, 1.54) is 4.90 Å². The number of carbonyl (C=O) groups excluding carboxylic acids is 2. The molecule has 0 saturated carbocycles. The Morgan fingerprint density at radius 1 is 1.22 bits per heavy atom. The molecule has 23 heavy (non-hydrogen) atoms. The van der Waals surface area contributed by atoms with Crippen molar-refractivity contribution < 1.29 is 28.5 Å². The molecular formula is C16H27NO6. The lowest BCUT2D eigenvalue weighted by Gasteiger charge is -2.37. The summed E-state index contributed by atoms with van der Waals surface area (Å²) in [4.78, 5) is 25.5. The normalized spacial score (nSPS) is 32.8. The summed E-state index contributed by atoms with van der Waals surface area (Å²) in [7, 11) is 0. The minimum Gasteiger partial charge on any atom is -0.444 e. The van der Waals surface area contributed by atoms with E-state index in [0.29, 0.717) is 6.29 Å². The van der Waals surface area contributed by atoms with Crippen LogP contribution in [0.3, 0.4) is 0 Å². The first-order chi connectivity index (χ1) is 10.4. The van der Waals surface area contributed by atoms with Crippen LogP contribution >= 0.6 is 0 Å². The molecule has 2 rings (SSSR count). The van der Waals surface area contributed by atoms with E-state index in [1.807, 2.05) is 0 Å². The second kappa shape index (κ2) is 5.72. The van der Waals surface area contributed by atoms with Gasteiger partial charge >= 0.3 is 6.09 Å². The zero-order valence-corrected chi connectivity index (χ0v) is 14.9. The van der Waals surface area contributed by atoms with Crippen LogP contribution in [-0.4, -0.2) is 59.2 Å². The van der Waals surface area contributed by atoms with Gasteiger partial charge in [0.1, 0.15) is 23.5 Å². The zero-order chi connectivity index (χ0) is 17.6. The molecule has 0 unspecified atom stereocenters. The molecule has 2 aliphatic rings. The van der Waals surface area contributed by atoms with Crippen LogP contribution in [0.4, 0.5) is 4.79 Å². The standard InChI is InChI=1S/C16H27NO6/c1-14(2,3)23-13(19)17-10(9-20-15(17,4)5)12-11(8-18)21-16(6,7)22-12/h8,10-12H,9H2,1-7H3/t10-,11+,12+/m0/s1. The van der Waals surface area contributed by atoms with Crippen LogP contribution < -0.4 is 0 Å². The summed E-state index contributed by atoms with van der Waals surface area (Å²) in [6, 6.07) is -0.461. The van der Waals surface area contributed by atoms with Gasteiger partial charge < -0.3 is 23.7 Å². The van der Waals surface area contributed by atoms with Gasteiger partial charge in [-0.15, -0.1) is 0 Å². The first kappa shape index (κ1) is 18.2. The molecule has 0 radical (unpaired) electrons. The molecule has 1 amide bonds. The van der Waals surface area contributed by atoms with Gasteiger partial charge in [-0.1, -0.05) is 0 Å². The highest BCUT2D eigenvalue weighted by Crippen LogP contribution is 2.37. The lowest BCUT2D eigenvalue weighted by Crippen LogP contribution is -2.55. The van der Waals surface area contributed by atoms with Gasteiger partial charge in [-0.25, -0.2) is 4.79 Å². The Balaban J connectivity index is 2.26. The van der Waals surface area contributed by atoms with E-state index in [9.17, 15) is 9.59 Å². The van der Waals surface area contributed by atoms with E-state index in [-0.39, 0.29) is 6.61 Å². The maximum Gasteiger partial charge on any atom is 0.412 e. The molecule has 2 aliphatic heterocycles. The van der Waals surface area contributed by atoms with E-state index < -0.39 is 41.5 Å². The molecule has 0 N–H and O–H groups in total. The first-order valence-corrected chi connectivity index (χ1v) is 7.83. The molecule has 2 fully saturated rings. The summed E-state index contributed by atoms with van der Waals surface area (Å²) >= 11 is 0. The van der Waals surface area contributed by atoms with E-state index in [4.69, 9.17) is 18.9 Å². The third kappa shape index (κ3) is 3.84. The van der Waals surface area contributed by atoms with Crippen LogP contribution in [0.2, 0.25) is 0 Å². The third-order valence-corrected chi connectivity index (χ3v) is 3.79. The highest BCUT2D eigenvalue weighted by atomic mass is 16.8. The average Bonchev–Trinajstić information content (AvgIpc) is 2.82. The third-order valence-electron chi connectivity index (χ3n) is 3.79.